The number of benzene rings is 9. The SMILES string of the molecule is C1=C(c2nc(-c3ccc4ccccc4c3)nc(-c3cccc4oc5ccc(-n6c7ccc(-c8ccccc8)cc7c7cc8ccccc8cc76)cc5c34)n2)CCc2ccccc21. The zero-order valence-electron chi connectivity index (χ0n) is 33.6. The Morgan fingerprint density at radius 3 is 2.03 bits per heavy atom. The summed E-state index contributed by atoms with van der Waals surface area (Å²) >= 11 is 0. The molecule has 0 unspecified atom stereocenters. The number of aryl methyl sites for hydroxylation is 1. The van der Waals surface area contributed by atoms with Crippen molar-refractivity contribution in [1.29, 1.82) is 0 Å². The van der Waals surface area contributed by atoms with Gasteiger partial charge in [-0.25, -0.2) is 15.0 Å². The monoisotopic (exact) mass is 792 g/mol. The Labute approximate surface area is 356 Å². The molecule has 0 N–H and O–H groups in total. The average Bonchev–Trinajstić information content (AvgIpc) is 3.87. The summed E-state index contributed by atoms with van der Waals surface area (Å²) < 4.78 is 9.04. The summed E-state index contributed by atoms with van der Waals surface area (Å²) in [5.74, 6) is 1.97. The predicted octanol–water partition coefficient (Wildman–Crippen LogP) is 14.7. The first kappa shape index (κ1) is 34.7. The van der Waals surface area contributed by atoms with Gasteiger partial charge in [-0.2, -0.15) is 0 Å². The molecule has 0 fully saturated rings. The van der Waals surface area contributed by atoms with Gasteiger partial charge in [0.25, 0.3) is 0 Å². The number of hydrogen-bond donors (Lipinski definition) is 0. The van der Waals surface area contributed by atoms with E-state index in [4.69, 9.17) is 19.4 Å². The van der Waals surface area contributed by atoms with Crippen LogP contribution < -0.4 is 0 Å². The zero-order chi connectivity index (χ0) is 40.7. The van der Waals surface area contributed by atoms with Crippen LogP contribution in [0.3, 0.4) is 0 Å². The van der Waals surface area contributed by atoms with Crippen molar-refractivity contribution in [3.8, 4) is 39.6 Å². The number of hydrogen-bond acceptors (Lipinski definition) is 4. The first-order valence-electron chi connectivity index (χ1n) is 21.2. The molecule has 0 bridgehead atoms. The maximum absolute atomic E-state index is 6.64. The van der Waals surface area contributed by atoms with Crippen molar-refractivity contribution in [3.05, 3.63) is 205 Å². The molecule has 290 valence electrons. The number of rotatable bonds is 5. The molecule has 0 saturated carbocycles. The molecule has 62 heavy (non-hydrogen) atoms. The topological polar surface area (TPSA) is 56.7 Å². The third-order valence-corrected chi connectivity index (χ3v) is 12.7. The lowest BCUT2D eigenvalue weighted by molar-refractivity contribution is 0.669. The number of fused-ring (bicyclic) bond motifs is 9. The van der Waals surface area contributed by atoms with Crippen LogP contribution in [0.5, 0.6) is 0 Å². The average molecular weight is 793 g/mol. The van der Waals surface area contributed by atoms with Crippen LogP contribution in [0.15, 0.2) is 192 Å². The third-order valence-electron chi connectivity index (χ3n) is 12.7. The second-order valence-electron chi connectivity index (χ2n) is 16.3. The molecule has 0 atom stereocenters. The van der Waals surface area contributed by atoms with Crippen LogP contribution in [0.25, 0.3) is 117 Å². The molecule has 13 rings (SSSR count). The molecule has 5 heteroatoms. The van der Waals surface area contributed by atoms with Crippen LogP contribution in [0.1, 0.15) is 23.4 Å². The van der Waals surface area contributed by atoms with E-state index in [0.29, 0.717) is 17.5 Å². The summed E-state index contributed by atoms with van der Waals surface area (Å²) in [4.78, 5) is 15.8. The van der Waals surface area contributed by atoms with Crippen molar-refractivity contribution in [1.82, 2.24) is 19.5 Å². The van der Waals surface area contributed by atoms with Crippen LogP contribution in [0, 0.1) is 0 Å². The van der Waals surface area contributed by atoms with Gasteiger partial charge in [-0.3, -0.25) is 0 Å². The second-order valence-corrected chi connectivity index (χ2v) is 16.3. The Morgan fingerprint density at radius 1 is 0.419 bits per heavy atom. The molecule has 1 aliphatic rings. The quantitative estimate of drug-likeness (QED) is 0.174. The number of aromatic nitrogens is 4. The first-order valence-corrected chi connectivity index (χ1v) is 21.2. The molecular weight excluding hydrogens is 757 g/mol. The first-order chi connectivity index (χ1) is 30.7. The summed E-state index contributed by atoms with van der Waals surface area (Å²) in [6, 6.07) is 67.0. The number of furan rings is 1. The van der Waals surface area contributed by atoms with Gasteiger partial charge in [0.15, 0.2) is 17.5 Å². The molecule has 0 aliphatic heterocycles. The minimum Gasteiger partial charge on any atom is -0.456 e. The van der Waals surface area contributed by atoms with Crippen LogP contribution in [-0.4, -0.2) is 19.5 Å². The Bertz CT molecular complexity index is 3820. The van der Waals surface area contributed by atoms with Crippen molar-refractivity contribution in [2.45, 2.75) is 12.8 Å². The molecule has 0 spiro atoms. The van der Waals surface area contributed by atoms with Gasteiger partial charge in [-0.05, 0) is 123 Å². The van der Waals surface area contributed by atoms with E-state index >= 15 is 0 Å². The summed E-state index contributed by atoms with van der Waals surface area (Å²) in [5, 5.41) is 9.15. The third kappa shape index (κ3) is 5.59. The van der Waals surface area contributed by atoms with E-state index in [-0.39, 0.29) is 0 Å². The van der Waals surface area contributed by atoms with Gasteiger partial charge in [0.2, 0.25) is 0 Å². The van der Waals surface area contributed by atoms with E-state index in [1.807, 2.05) is 12.1 Å². The molecule has 0 saturated heterocycles. The van der Waals surface area contributed by atoms with Gasteiger partial charge in [-0.15, -0.1) is 0 Å². The Kier molecular flexibility index (Phi) is 7.66. The largest absolute Gasteiger partial charge is 0.456 e. The summed E-state index contributed by atoms with van der Waals surface area (Å²) in [7, 11) is 0. The van der Waals surface area contributed by atoms with Gasteiger partial charge in [0, 0.05) is 38.4 Å². The van der Waals surface area contributed by atoms with Crippen LogP contribution in [0.2, 0.25) is 0 Å². The highest BCUT2D eigenvalue weighted by Gasteiger charge is 2.22. The van der Waals surface area contributed by atoms with Crippen molar-refractivity contribution < 1.29 is 4.42 Å². The molecule has 0 radical (unpaired) electrons. The second kappa shape index (κ2) is 13.7. The van der Waals surface area contributed by atoms with E-state index < -0.39 is 0 Å². The molecule has 3 aromatic heterocycles. The zero-order valence-corrected chi connectivity index (χ0v) is 33.6. The highest BCUT2D eigenvalue weighted by atomic mass is 16.3. The Hall–Kier alpha value is -8.15. The van der Waals surface area contributed by atoms with E-state index in [2.05, 4.69) is 187 Å². The fourth-order valence-electron chi connectivity index (χ4n) is 9.64. The van der Waals surface area contributed by atoms with Crippen molar-refractivity contribution in [2.75, 3.05) is 0 Å². The fourth-order valence-corrected chi connectivity index (χ4v) is 9.64. The minimum atomic E-state index is 0.619. The van der Waals surface area contributed by atoms with Gasteiger partial charge >= 0.3 is 0 Å². The van der Waals surface area contributed by atoms with Gasteiger partial charge in [-0.1, -0.05) is 133 Å². The van der Waals surface area contributed by atoms with Crippen molar-refractivity contribution in [2.24, 2.45) is 0 Å². The molecule has 12 aromatic rings. The number of allylic oxidation sites excluding steroid dienone is 1. The van der Waals surface area contributed by atoms with Gasteiger partial charge in [0.1, 0.15) is 11.2 Å². The Morgan fingerprint density at radius 2 is 1.15 bits per heavy atom. The normalized spacial score (nSPS) is 12.8. The fraction of sp³-hybridized carbons (Fsp3) is 0.0351. The summed E-state index contributed by atoms with van der Waals surface area (Å²) in [5.41, 5.74) is 12.9. The van der Waals surface area contributed by atoms with E-state index in [1.54, 1.807) is 0 Å². The van der Waals surface area contributed by atoms with Crippen LogP contribution in [0.4, 0.5) is 0 Å². The minimum absolute atomic E-state index is 0.619. The maximum Gasteiger partial charge on any atom is 0.164 e. The summed E-state index contributed by atoms with van der Waals surface area (Å²) in [6.45, 7) is 0. The number of nitrogens with zero attached hydrogens (tertiary/aromatic N) is 4. The maximum atomic E-state index is 6.64. The lowest BCUT2D eigenvalue weighted by Gasteiger charge is -2.17. The molecule has 9 aromatic carbocycles. The van der Waals surface area contributed by atoms with Crippen molar-refractivity contribution in [3.63, 3.8) is 0 Å². The van der Waals surface area contributed by atoms with Crippen molar-refractivity contribution >= 4 is 76.9 Å². The molecule has 3 heterocycles. The lowest BCUT2D eigenvalue weighted by Crippen LogP contribution is -2.06. The highest BCUT2D eigenvalue weighted by molar-refractivity contribution is 6.16. The van der Waals surface area contributed by atoms with E-state index in [0.717, 1.165) is 73.6 Å². The van der Waals surface area contributed by atoms with Gasteiger partial charge in [0.05, 0.1) is 11.0 Å². The Balaban J connectivity index is 1.03. The van der Waals surface area contributed by atoms with E-state index in [1.165, 1.54) is 49.2 Å². The lowest BCUT2D eigenvalue weighted by atomic mass is 9.92. The molecular formula is C57H36N4O. The molecule has 5 nitrogen and oxygen atoms in total. The highest BCUT2D eigenvalue weighted by Crippen LogP contribution is 2.41. The van der Waals surface area contributed by atoms with E-state index in [9.17, 15) is 0 Å². The predicted molar refractivity (Wildman–Crippen MR) is 255 cm³/mol. The molecule has 1 aliphatic carbocycles. The summed E-state index contributed by atoms with van der Waals surface area (Å²) in [6.07, 6.45) is 4.03. The van der Waals surface area contributed by atoms with Crippen LogP contribution in [-0.2, 0) is 6.42 Å². The molecule has 0 amide bonds. The van der Waals surface area contributed by atoms with Crippen LogP contribution >= 0.6 is 0 Å². The van der Waals surface area contributed by atoms with Gasteiger partial charge < -0.3 is 8.98 Å². The smallest absolute Gasteiger partial charge is 0.164 e. The standard InChI is InChI=1S/C57H36N4O/c1-2-11-35(12-3-1)42-25-27-50-47(32-42)48-31-40-17-8-9-18-41(40)33-51(48)61(50)45-26-28-52-49(34-45)54-46(19-10-20-53(54)62-52)57-59-55(43-23-21-36-13-4-6-15-38(36)29-43)58-56(60-57)44-24-22-37-14-5-7-16-39(37)30-44/h1-21,23,25-34H,22,24H2.